The van der Waals surface area contributed by atoms with Gasteiger partial charge in [0.05, 0.1) is 31.7 Å². The summed E-state index contributed by atoms with van der Waals surface area (Å²) in [7, 11) is 4.10. The van der Waals surface area contributed by atoms with Crippen molar-refractivity contribution < 1.29 is 9.47 Å². The first-order chi connectivity index (χ1) is 19.4. The quantitative estimate of drug-likeness (QED) is 0.279. The molecule has 1 fully saturated rings. The molecule has 40 heavy (non-hydrogen) atoms. The van der Waals surface area contributed by atoms with Crippen molar-refractivity contribution in [1.82, 2.24) is 19.9 Å². The molecule has 1 aliphatic heterocycles. The van der Waals surface area contributed by atoms with E-state index in [1.807, 2.05) is 17.8 Å². The molecule has 3 heterocycles. The van der Waals surface area contributed by atoms with Crippen LogP contribution in [0.2, 0.25) is 0 Å². The molecule has 2 aromatic carbocycles. The van der Waals surface area contributed by atoms with Crippen LogP contribution in [0.1, 0.15) is 37.8 Å². The maximum absolute atomic E-state index is 6.37. The van der Waals surface area contributed by atoms with Gasteiger partial charge in [0.1, 0.15) is 11.6 Å². The van der Waals surface area contributed by atoms with Crippen LogP contribution < -0.4 is 19.9 Å². The topological polar surface area (TPSA) is 67.2 Å². The minimum atomic E-state index is 0.314. The fourth-order valence-electron chi connectivity index (χ4n) is 5.17. The molecular weight excluding hydrogens is 500 g/mol. The second-order valence-electron chi connectivity index (χ2n) is 11.1. The molecule has 1 aliphatic rings. The zero-order chi connectivity index (χ0) is 28.1. The van der Waals surface area contributed by atoms with E-state index in [2.05, 4.69) is 97.5 Å². The van der Waals surface area contributed by atoms with E-state index < -0.39 is 0 Å². The Bertz CT molecular complexity index is 1400. The predicted molar refractivity (Wildman–Crippen MR) is 163 cm³/mol. The fraction of sp³-hybridized carbons (Fsp3) is 0.438. The maximum Gasteiger partial charge on any atom is 0.161 e. The molecule has 1 unspecified atom stereocenters. The van der Waals surface area contributed by atoms with Crippen LogP contribution in [0.15, 0.2) is 60.8 Å². The minimum Gasteiger partial charge on any atom is -0.493 e. The van der Waals surface area contributed by atoms with Gasteiger partial charge in [-0.1, -0.05) is 51.1 Å². The van der Waals surface area contributed by atoms with Crippen LogP contribution in [0.5, 0.6) is 5.75 Å². The van der Waals surface area contributed by atoms with Crippen molar-refractivity contribution in [2.24, 2.45) is 5.92 Å². The van der Waals surface area contributed by atoms with E-state index in [9.17, 15) is 0 Å². The molecule has 0 spiro atoms. The highest BCUT2D eigenvalue weighted by Crippen LogP contribution is 2.34. The number of anilines is 2. The van der Waals surface area contributed by atoms with Crippen LogP contribution in [0, 0.1) is 5.92 Å². The number of hydrogen-bond acceptors (Lipinski definition) is 7. The summed E-state index contributed by atoms with van der Waals surface area (Å²) in [5.41, 5.74) is 6.34. The van der Waals surface area contributed by atoms with Crippen molar-refractivity contribution in [3.63, 3.8) is 0 Å². The van der Waals surface area contributed by atoms with Crippen LogP contribution in [-0.4, -0.2) is 68.1 Å². The lowest BCUT2D eigenvalue weighted by molar-refractivity contribution is 0.122. The molecule has 1 atom stereocenters. The summed E-state index contributed by atoms with van der Waals surface area (Å²) in [4.78, 5) is 9.81. The van der Waals surface area contributed by atoms with Crippen molar-refractivity contribution in [1.29, 1.82) is 0 Å². The van der Waals surface area contributed by atoms with Gasteiger partial charge in [-0.2, -0.15) is 9.61 Å². The summed E-state index contributed by atoms with van der Waals surface area (Å²) in [6.45, 7) is 12.0. The van der Waals surface area contributed by atoms with Crippen molar-refractivity contribution in [3.05, 3.63) is 71.9 Å². The summed E-state index contributed by atoms with van der Waals surface area (Å²) in [5.74, 6) is 2.60. The van der Waals surface area contributed by atoms with Gasteiger partial charge < -0.3 is 24.6 Å². The van der Waals surface area contributed by atoms with Gasteiger partial charge in [-0.3, -0.25) is 0 Å². The van der Waals surface area contributed by atoms with Gasteiger partial charge in [-0.25, -0.2) is 4.98 Å². The summed E-state index contributed by atoms with van der Waals surface area (Å²) in [6.07, 6.45) is 1.96. The average Bonchev–Trinajstić information content (AvgIpc) is 3.41. The summed E-state index contributed by atoms with van der Waals surface area (Å²) >= 11 is 0. The molecule has 0 radical (unpaired) electrons. The average molecular weight is 543 g/mol. The van der Waals surface area contributed by atoms with E-state index >= 15 is 0 Å². The fourth-order valence-corrected chi connectivity index (χ4v) is 5.17. The summed E-state index contributed by atoms with van der Waals surface area (Å²) in [6, 6.07) is 19.2. The Morgan fingerprint density at radius 3 is 2.55 bits per heavy atom. The highest BCUT2D eigenvalue weighted by atomic mass is 16.5. The van der Waals surface area contributed by atoms with Gasteiger partial charge in [0, 0.05) is 68.1 Å². The third-order valence-corrected chi connectivity index (χ3v) is 7.41. The van der Waals surface area contributed by atoms with Crippen LogP contribution in [0.4, 0.5) is 11.5 Å². The lowest BCUT2D eigenvalue weighted by Crippen LogP contribution is -2.37. The molecular formula is C32H42N6O2. The lowest BCUT2D eigenvalue weighted by atomic mass is 10.1. The van der Waals surface area contributed by atoms with Crippen molar-refractivity contribution >= 4 is 17.2 Å². The van der Waals surface area contributed by atoms with E-state index in [-0.39, 0.29) is 0 Å². The molecule has 1 N–H and O–H groups in total. The molecule has 8 heteroatoms. The predicted octanol–water partition coefficient (Wildman–Crippen LogP) is 5.23. The van der Waals surface area contributed by atoms with E-state index in [0.717, 1.165) is 65.9 Å². The molecule has 5 rings (SSSR count). The number of nitrogens with zero attached hydrogens (tertiary/aromatic N) is 5. The molecule has 0 aliphatic carbocycles. The smallest absolute Gasteiger partial charge is 0.161 e. The second kappa shape index (κ2) is 12.7. The van der Waals surface area contributed by atoms with Gasteiger partial charge >= 0.3 is 0 Å². The van der Waals surface area contributed by atoms with Crippen LogP contribution in [0.3, 0.4) is 0 Å². The first-order valence-corrected chi connectivity index (χ1v) is 14.3. The zero-order valence-electron chi connectivity index (χ0n) is 24.4. The number of benzene rings is 2. The third-order valence-electron chi connectivity index (χ3n) is 7.41. The minimum absolute atomic E-state index is 0.314. The third kappa shape index (κ3) is 6.40. The number of ether oxygens (including phenoxy) is 2. The van der Waals surface area contributed by atoms with Gasteiger partial charge in [0.25, 0.3) is 0 Å². The van der Waals surface area contributed by atoms with Crippen LogP contribution in [-0.2, 0) is 11.3 Å². The number of nitrogens with one attached hydrogen (secondary N) is 1. The molecule has 1 saturated heterocycles. The molecule has 212 valence electrons. The van der Waals surface area contributed by atoms with E-state index in [1.54, 1.807) is 0 Å². The molecule has 8 nitrogen and oxygen atoms in total. The monoisotopic (exact) mass is 542 g/mol. The number of morpholine rings is 1. The van der Waals surface area contributed by atoms with Crippen LogP contribution >= 0.6 is 0 Å². The Morgan fingerprint density at radius 2 is 1.82 bits per heavy atom. The largest absolute Gasteiger partial charge is 0.493 e. The molecule has 0 saturated carbocycles. The molecule has 0 bridgehead atoms. The van der Waals surface area contributed by atoms with Gasteiger partial charge in [-0.15, -0.1) is 0 Å². The van der Waals surface area contributed by atoms with E-state index in [0.29, 0.717) is 31.7 Å². The summed E-state index contributed by atoms with van der Waals surface area (Å²) in [5, 5.41) is 8.00. The van der Waals surface area contributed by atoms with Gasteiger partial charge in [0.15, 0.2) is 5.65 Å². The van der Waals surface area contributed by atoms with Crippen molar-refractivity contribution in [3.8, 4) is 17.0 Å². The summed E-state index contributed by atoms with van der Waals surface area (Å²) < 4.78 is 14.0. The Balaban J connectivity index is 1.58. The Kier molecular flexibility index (Phi) is 8.87. The number of rotatable bonds is 11. The number of hydrogen-bond donors (Lipinski definition) is 1. The highest BCUT2D eigenvalue weighted by Gasteiger charge is 2.21. The normalized spacial score (nSPS) is 14.6. The highest BCUT2D eigenvalue weighted by molar-refractivity contribution is 5.73. The first-order valence-electron chi connectivity index (χ1n) is 14.3. The zero-order valence-corrected chi connectivity index (χ0v) is 24.4. The van der Waals surface area contributed by atoms with E-state index in [4.69, 9.17) is 19.6 Å². The van der Waals surface area contributed by atoms with Crippen LogP contribution in [0.25, 0.3) is 16.9 Å². The molecule has 2 aromatic heterocycles. The lowest BCUT2D eigenvalue weighted by Gasteiger charge is -2.29. The Morgan fingerprint density at radius 1 is 1.05 bits per heavy atom. The SMILES string of the molecule is CNCC(C)COc1cc(-c2cc(N3CCOCC3)n3ncc(C(C)C)c3n2)cc(N(C)Cc2ccccc2)c1. The van der Waals surface area contributed by atoms with E-state index in [1.165, 1.54) is 5.56 Å². The van der Waals surface area contributed by atoms with Gasteiger partial charge in [-0.05, 0) is 30.7 Å². The Labute approximate surface area is 237 Å². The Hall–Kier alpha value is -3.62. The molecule has 4 aromatic rings. The standard InChI is InChI=1S/C32H42N6O2/c1-23(2)29-20-34-38-31(37-11-13-39-14-12-37)18-30(35-32(29)38)26-15-27(36(5)21-25-9-7-6-8-10-25)17-28(16-26)40-22-24(3)19-33-4/h6-10,15-18,20,23-24,33H,11-14,19,21-22H2,1-5H3. The molecule has 0 amide bonds. The number of fused-ring (bicyclic) bond motifs is 1. The second-order valence-corrected chi connectivity index (χ2v) is 11.1. The maximum atomic E-state index is 6.37. The van der Waals surface area contributed by atoms with Gasteiger partial charge in [0.2, 0.25) is 0 Å². The van der Waals surface area contributed by atoms with Crippen molar-refractivity contribution in [2.45, 2.75) is 33.2 Å². The first kappa shape index (κ1) is 27.9. The van der Waals surface area contributed by atoms with Crippen molar-refractivity contribution in [2.75, 3.05) is 63.4 Å². The number of aromatic nitrogens is 3.